The zero-order valence-corrected chi connectivity index (χ0v) is 15.3. The molecule has 6 heteroatoms. The fraction of sp³-hybridized carbons (Fsp3) is 0.368. The highest BCUT2D eigenvalue weighted by Gasteiger charge is 2.21. The van der Waals surface area contributed by atoms with E-state index in [0.29, 0.717) is 23.8 Å². The number of hydrogen-bond acceptors (Lipinski definition) is 5. The fourth-order valence-electron chi connectivity index (χ4n) is 2.83. The number of pyridine rings is 1. The third kappa shape index (κ3) is 3.24. The maximum Gasteiger partial charge on any atom is 0.255 e. The molecule has 0 N–H and O–H groups in total. The minimum atomic E-state index is -0.0742. The largest absolute Gasteiger partial charge is 0.423 e. The van der Waals surface area contributed by atoms with Gasteiger partial charge in [0.1, 0.15) is 0 Å². The van der Waals surface area contributed by atoms with Crippen molar-refractivity contribution in [2.75, 3.05) is 7.05 Å². The predicted octanol–water partition coefficient (Wildman–Crippen LogP) is 3.38. The van der Waals surface area contributed by atoms with Gasteiger partial charge in [-0.25, -0.2) is 0 Å². The summed E-state index contributed by atoms with van der Waals surface area (Å²) >= 11 is 0. The standard InChI is InChI=1S/C19H22N4O2/c1-6-16-21-22-17(25-16)10-23(5)19(24)18-12(3)13(4)20-15-8-7-11(2)9-14(15)18/h7-9H,6,10H2,1-5H3. The van der Waals surface area contributed by atoms with Crippen LogP contribution in [0.1, 0.15) is 45.9 Å². The molecule has 0 saturated carbocycles. The summed E-state index contributed by atoms with van der Waals surface area (Å²) in [5.74, 6) is 0.944. The van der Waals surface area contributed by atoms with Gasteiger partial charge >= 0.3 is 0 Å². The molecule has 2 aromatic heterocycles. The number of carbonyl (C=O) groups excluding carboxylic acids is 1. The second kappa shape index (κ2) is 6.63. The van der Waals surface area contributed by atoms with Crippen molar-refractivity contribution in [1.82, 2.24) is 20.1 Å². The fourth-order valence-corrected chi connectivity index (χ4v) is 2.83. The minimum absolute atomic E-state index is 0.0742. The monoisotopic (exact) mass is 338 g/mol. The van der Waals surface area contributed by atoms with E-state index in [1.807, 2.05) is 45.9 Å². The molecule has 1 aromatic carbocycles. The quantitative estimate of drug-likeness (QED) is 0.729. The average molecular weight is 338 g/mol. The van der Waals surface area contributed by atoms with Gasteiger partial charge in [0.05, 0.1) is 17.6 Å². The van der Waals surface area contributed by atoms with E-state index < -0.39 is 0 Å². The number of carbonyl (C=O) groups is 1. The van der Waals surface area contributed by atoms with Crippen molar-refractivity contribution >= 4 is 16.8 Å². The second-order valence-electron chi connectivity index (χ2n) is 6.32. The number of amides is 1. The number of aromatic nitrogens is 3. The molecule has 6 nitrogen and oxygen atoms in total. The van der Waals surface area contributed by atoms with Gasteiger partial charge in [0.25, 0.3) is 5.91 Å². The second-order valence-corrected chi connectivity index (χ2v) is 6.32. The Hall–Kier alpha value is -2.76. The van der Waals surface area contributed by atoms with Gasteiger partial charge in [0.15, 0.2) is 0 Å². The Morgan fingerprint density at radius 1 is 1.16 bits per heavy atom. The Morgan fingerprint density at radius 2 is 1.88 bits per heavy atom. The molecule has 0 aliphatic heterocycles. The molecule has 0 atom stereocenters. The summed E-state index contributed by atoms with van der Waals surface area (Å²) in [7, 11) is 1.75. The predicted molar refractivity (Wildman–Crippen MR) is 95.4 cm³/mol. The van der Waals surface area contributed by atoms with Crippen molar-refractivity contribution in [3.63, 3.8) is 0 Å². The molecule has 0 aliphatic rings. The molecule has 0 aliphatic carbocycles. The minimum Gasteiger partial charge on any atom is -0.423 e. The third-order valence-corrected chi connectivity index (χ3v) is 4.37. The first-order valence-corrected chi connectivity index (χ1v) is 8.35. The summed E-state index contributed by atoms with van der Waals surface area (Å²) in [5, 5.41) is 8.82. The zero-order valence-electron chi connectivity index (χ0n) is 15.3. The van der Waals surface area contributed by atoms with Crippen LogP contribution >= 0.6 is 0 Å². The molecule has 0 saturated heterocycles. The van der Waals surface area contributed by atoms with Gasteiger partial charge in [0.2, 0.25) is 11.8 Å². The smallest absolute Gasteiger partial charge is 0.255 e. The van der Waals surface area contributed by atoms with Crippen LogP contribution in [0.15, 0.2) is 22.6 Å². The van der Waals surface area contributed by atoms with Crippen molar-refractivity contribution in [2.24, 2.45) is 0 Å². The summed E-state index contributed by atoms with van der Waals surface area (Å²) in [6, 6.07) is 5.98. The topological polar surface area (TPSA) is 72.1 Å². The molecular formula is C19H22N4O2. The highest BCUT2D eigenvalue weighted by molar-refractivity contribution is 6.07. The summed E-state index contributed by atoms with van der Waals surface area (Å²) in [5.41, 5.74) is 4.37. The lowest BCUT2D eigenvalue weighted by Gasteiger charge is -2.19. The van der Waals surface area contributed by atoms with Gasteiger partial charge in [-0.15, -0.1) is 10.2 Å². The first-order chi connectivity index (χ1) is 11.9. The van der Waals surface area contributed by atoms with Crippen LogP contribution in [0, 0.1) is 20.8 Å². The molecule has 1 amide bonds. The first kappa shape index (κ1) is 17.1. The molecule has 25 heavy (non-hydrogen) atoms. The van der Waals surface area contributed by atoms with E-state index in [1.54, 1.807) is 11.9 Å². The Kier molecular flexibility index (Phi) is 4.53. The lowest BCUT2D eigenvalue weighted by atomic mass is 9.99. The van der Waals surface area contributed by atoms with Crippen molar-refractivity contribution in [2.45, 2.75) is 40.7 Å². The molecule has 130 valence electrons. The van der Waals surface area contributed by atoms with Crippen LogP contribution < -0.4 is 0 Å². The zero-order chi connectivity index (χ0) is 18.1. The maximum absolute atomic E-state index is 13.1. The van der Waals surface area contributed by atoms with E-state index in [2.05, 4.69) is 15.2 Å². The van der Waals surface area contributed by atoms with Crippen LogP contribution in [0.4, 0.5) is 0 Å². The van der Waals surface area contributed by atoms with Crippen LogP contribution in [-0.2, 0) is 13.0 Å². The molecule has 0 fully saturated rings. The van der Waals surface area contributed by atoms with Gasteiger partial charge in [-0.05, 0) is 38.5 Å². The van der Waals surface area contributed by atoms with Gasteiger partial charge < -0.3 is 9.32 Å². The summed E-state index contributed by atoms with van der Waals surface area (Å²) in [4.78, 5) is 19.3. The van der Waals surface area contributed by atoms with E-state index in [9.17, 15) is 4.79 Å². The molecule has 0 unspecified atom stereocenters. The first-order valence-electron chi connectivity index (χ1n) is 8.35. The van der Waals surface area contributed by atoms with E-state index in [1.165, 1.54) is 0 Å². The lowest BCUT2D eigenvalue weighted by Crippen LogP contribution is -2.27. The molecule has 0 spiro atoms. The van der Waals surface area contributed by atoms with Gasteiger partial charge in [0, 0.05) is 24.5 Å². The highest BCUT2D eigenvalue weighted by Crippen LogP contribution is 2.25. The van der Waals surface area contributed by atoms with Gasteiger partial charge in [-0.1, -0.05) is 18.6 Å². The molecule has 3 aromatic rings. The van der Waals surface area contributed by atoms with Crippen LogP contribution in [0.5, 0.6) is 0 Å². The Morgan fingerprint density at radius 3 is 2.56 bits per heavy atom. The van der Waals surface area contributed by atoms with E-state index >= 15 is 0 Å². The Bertz CT molecular complexity index is 946. The highest BCUT2D eigenvalue weighted by atomic mass is 16.4. The number of aryl methyl sites for hydroxylation is 3. The van der Waals surface area contributed by atoms with Crippen molar-refractivity contribution in [1.29, 1.82) is 0 Å². The van der Waals surface area contributed by atoms with Crippen LogP contribution in [0.3, 0.4) is 0 Å². The van der Waals surface area contributed by atoms with Crippen LogP contribution in [-0.4, -0.2) is 33.0 Å². The van der Waals surface area contributed by atoms with E-state index in [4.69, 9.17) is 4.42 Å². The molecule has 0 radical (unpaired) electrons. The van der Waals surface area contributed by atoms with Crippen molar-refractivity contribution in [3.05, 3.63) is 52.4 Å². The molecule has 3 rings (SSSR count). The molecular weight excluding hydrogens is 316 g/mol. The summed E-state index contributed by atoms with van der Waals surface area (Å²) in [6.45, 7) is 8.10. The number of benzene rings is 1. The number of hydrogen-bond donors (Lipinski definition) is 0. The van der Waals surface area contributed by atoms with Crippen molar-refractivity contribution in [3.8, 4) is 0 Å². The number of fused-ring (bicyclic) bond motifs is 1. The number of rotatable bonds is 4. The summed E-state index contributed by atoms with van der Waals surface area (Å²) in [6.07, 6.45) is 0.678. The van der Waals surface area contributed by atoms with E-state index in [0.717, 1.165) is 27.7 Å². The normalized spacial score (nSPS) is 11.1. The van der Waals surface area contributed by atoms with Crippen molar-refractivity contribution < 1.29 is 9.21 Å². The average Bonchev–Trinajstić information content (AvgIpc) is 3.03. The van der Waals surface area contributed by atoms with E-state index in [-0.39, 0.29) is 12.5 Å². The van der Waals surface area contributed by atoms with Gasteiger partial charge in [-0.3, -0.25) is 9.78 Å². The van der Waals surface area contributed by atoms with Crippen LogP contribution in [0.25, 0.3) is 10.9 Å². The maximum atomic E-state index is 13.1. The molecule has 2 heterocycles. The lowest BCUT2D eigenvalue weighted by molar-refractivity contribution is 0.0773. The third-order valence-electron chi connectivity index (χ3n) is 4.37. The Labute approximate surface area is 146 Å². The number of nitrogens with zero attached hydrogens (tertiary/aromatic N) is 4. The summed E-state index contributed by atoms with van der Waals surface area (Å²) < 4.78 is 5.52. The Balaban J connectivity index is 2.00. The SMILES string of the molecule is CCc1nnc(CN(C)C(=O)c2c(C)c(C)nc3ccc(C)cc23)o1. The van der Waals surface area contributed by atoms with Gasteiger partial charge in [-0.2, -0.15) is 0 Å². The van der Waals surface area contributed by atoms with Crippen LogP contribution in [0.2, 0.25) is 0 Å². The molecule has 0 bridgehead atoms.